The second kappa shape index (κ2) is 9.60. The fourth-order valence-electron chi connectivity index (χ4n) is 2.86. The van der Waals surface area contributed by atoms with Crippen LogP contribution in [0.1, 0.15) is 27.4 Å². The van der Waals surface area contributed by atoms with Crippen LogP contribution in [0.15, 0.2) is 53.3 Å². The van der Waals surface area contributed by atoms with E-state index in [1.807, 2.05) is 0 Å². The molecule has 4 aromatic rings. The van der Waals surface area contributed by atoms with Gasteiger partial charge in [-0.25, -0.2) is 9.67 Å². The number of aromatic nitrogens is 4. The van der Waals surface area contributed by atoms with Gasteiger partial charge in [0, 0.05) is 20.6 Å². The average molecular weight is 493 g/mol. The largest absolute Gasteiger partial charge is 0.489 e. The highest BCUT2D eigenvalue weighted by Gasteiger charge is 2.22. The molecule has 0 saturated carbocycles. The molecule has 0 bridgehead atoms. The van der Waals surface area contributed by atoms with Gasteiger partial charge < -0.3 is 9.26 Å². The Kier molecular flexibility index (Phi) is 6.64. The van der Waals surface area contributed by atoms with Crippen LogP contribution in [0, 0.1) is 6.92 Å². The molecule has 32 heavy (non-hydrogen) atoms. The Balaban J connectivity index is 1.44. The zero-order valence-electron chi connectivity index (χ0n) is 16.7. The highest BCUT2D eigenvalue weighted by molar-refractivity contribution is 6.36. The average Bonchev–Trinajstić information content (AvgIpc) is 3.36. The van der Waals surface area contributed by atoms with Gasteiger partial charge in [0.1, 0.15) is 24.4 Å². The lowest BCUT2D eigenvalue weighted by Gasteiger charge is -2.07. The number of nitrogens with one attached hydrogen (secondary N) is 1. The van der Waals surface area contributed by atoms with Crippen molar-refractivity contribution in [3.05, 3.63) is 86.4 Å². The highest BCUT2D eigenvalue weighted by atomic mass is 35.5. The van der Waals surface area contributed by atoms with Crippen LogP contribution >= 0.6 is 34.8 Å². The number of hydrogen-bond donors (Lipinski definition) is 1. The number of carbonyl (C=O) groups excluding carboxylic acids is 1. The number of nitrogens with zero attached hydrogens (tertiary/aromatic N) is 4. The number of amides is 1. The van der Waals surface area contributed by atoms with E-state index in [1.165, 1.54) is 11.0 Å². The second-order valence-electron chi connectivity index (χ2n) is 6.73. The van der Waals surface area contributed by atoms with Gasteiger partial charge in [0.25, 0.3) is 5.91 Å². The smallest absolute Gasteiger partial charge is 0.280 e. The molecule has 11 heteroatoms. The van der Waals surface area contributed by atoms with E-state index in [0.717, 1.165) is 0 Å². The zero-order chi connectivity index (χ0) is 22.7. The first-order chi connectivity index (χ1) is 15.4. The van der Waals surface area contributed by atoms with Crippen LogP contribution in [-0.2, 0) is 13.2 Å². The molecule has 1 amide bonds. The number of hydrogen-bond acceptors (Lipinski definition) is 6. The molecule has 0 fully saturated rings. The minimum Gasteiger partial charge on any atom is -0.489 e. The highest BCUT2D eigenvalue weighted by Crippen LogP contribution is 2.25. The number of rotatable bonds is 7. The summed E-state index contributed by atoms with van der Waals surface area (Å²) in [6.07, 6.45) is 1.47. The topological polar surface area (TPSA) is 95.1 Å². The molecule has 8 nitrogen and oxygen atoms in total. The zero-order valence-corrected chi connectivity index (χ0v) is 18.9. The summed E-state index contributed by atoms with van der Waals surface area (Å²) in [6, 6.07) is 12.1. The minimum atomic E-state index is -0.523. The van der Waals surface area contributed by atoms with E-state index in [-0.39, 0.29) is 18.2 Å². The minimum absolute atomic E-state index is 0.0851. The van der Waals surface area contributed by atoms with E-state index in [1.54, 1.807) is 49.4 Å². The van der Waals surface area contributed by atoms with Crippen LogP contribution in [0.5, 0.6) is 5.75 Å². The third-order valence-electron chi connectivity index (χ3n) is 4.54. The molecule has 0 saturated heterocycles. The van der Waals surface area contributed by atoms with Crippen LogP contribution < -0.4 is 10.1 Å². The first kappa shape index (κ1) is 22.1. The van der Waals surface area contributed by atoms with Gasteiger partial charge >= 0.3 is 0 Å². The van der Waals surface area contributed by atoms with Gasteiger partial charge in [-0.2, -0.15) is 0 Å². The fraction of sp³-hybridized carbons (Fsp3) is 0.143. The summed E-state index contributed by atoms with van der Waals surface area (Å²) in [7, 11) is 0. The molecule has 0 spiro atoms. The molecule has 2 heterocycles. The van der Waals surface area contributed by atoms with E-state index < -0.39 is 5.91 Å². The molecule has 0 aliphatic rings. The van der Waals surface area contributed by atoms with Crippen LogP contribution in [0.2, 0.25) is 15.1 Å². The SMILES string of the molecule is Cc1onc(C(=O)Nc2ncn(Cc3c(Cl)cccc3Cl)n2)c1COc1ccc(Cl)cc1. The van der Waals surface area contributed by atoms with Gasteiger partial charge in [-0.05, 0) is 43.3 Å². The molecule has 0 aliphatic heterocycles. The predicted molar refractivity (Wildman–Crippen MR) is 121 cm³/mol. The Morgan fingerprint density at radius 3 is 2.53 bits per heavy atom. The summed E-state index contributed by atoms with van der Waals surface area (Å²) < 4.78 is 12.4. The summed E-state index contributed by atoms with van der Waals surface area (Å²) in [4.78, 5) is 16.8. The quantitative estimate of drug-likeness (QED) is 0.370. The van der Waals surface area contributed by atoms with Crippen LogP contribution in [-0.4, -0.2) is 25.8 Å². The number of halogens is 3. The summed E-state index contributed by atoms with van der Waals surface area (Å²) in [5.74, 6) is 0.643. The van der Waals surface area contributed by atoms with E-state index in [4.69, 9.17) is 44.1 Å². The van der Waals surface area contributed by atoms with Gasteiger partial charge in [0.15, 0.2) is 5.69 Å². The Morgan fingerprint density at radius 1 is 1.09 bits per heavy atom. The first-order valence-electron chi connectivity index (χ1n) is 9.38. The van der Waals surface area contributed by atoms with Gasteiger partial charge in [0.05, 0.1) is 12.1 Å². The summed E-state index contributed by atoms with van der Waals surface area (Å²) in [5, 5.41) is 12.3. The first-order valence-corrected chi connectivity index (χ1v) is 10.5. The Hall–Kier alpha value is -3.07. The van der Waals surface area contributed by atoms with Gasteiger partial charge in [-0.15, -0.1) is 5.10 Å². The van der Waals surface area contributed by atoms with Crippen LogP contribution in [0.4, 0.5) is 5.95 Å². The van der Waals surface area contributed by atoms with Crippen molar-refractivity contribution >= 4 is 46.7 Å². The van der Waals surface area contributed by atoms with E-state index in [9.17, 15) is 4.79 Å². The standard InChI is InChI=1S/C21H16Cl3N5O3/c1-12-16(10-31-14-7-5-13(22)6-8-14)19(28-32-12)20(30)26-21-25-11-29(27-21)9-15-17(23)3-2-4-18(15)24/h2-8,11H,9-10H2,1H3,(H,26,27,30). The van der Waals surface area contributed by atoms with Gasteiger partial charge in [-0.3, -0.25) is 10.1 Å². The maximum Gasteiger partial charge on any atom is 0.280 e. The molecule has 2 aromatic carbocycles. The molecule has 164 valence electrons. The normalized spacial score (nSPS) is 10.9. The van der Waals surface area contributed by atoms with E-state index >= 15 is 0 Å². The van der Waals surface area contributed by atoms with Crippen LogP contribution in [0.3, 0.4) is 0 Å². The number of ether oxygens (including phenoxy) is 1. The molecular weight excluding hydrogens is 477 g/mol. The molecule has 0 radical (unpaired) electrons. The van der Waals surface area contributed by atoms with E-state index in [2.05, 4.69) is 20.6 Å². The maximum absolute atomic E-state index is 12.7. The van der Waals surface area contributed by atoms with Crippen LogP contribution in [0.25, 0.3) is 0 Å². The fourth-order valence-corrected chi connectivity index (χ4v) is 3.50. The molecule has 2 aromatic heterocycles. The van der Waals surface area contributed by atoms with Crippen molar-refractivity contribution in [2.75, 3.05) is 5.32 Å². The summed E-state index contributed by atoms with van der Waals surface area (Å²) in [6.45, 7) is 2.09. The van der Waals surface area contributed by atoms with E-state index in [0.29, 0.717) is 44.2 Å². The van der Waals surface area contributed by atoms with Crippen molar-refractivity contribution in [1.29, 1.82) is 0 Å². The number of anilines is 1. The Bertz CT molecular complexity index is 1230. The lowest BCUT2D eigenvalue weighted by atomic mass is 10.2. The maximum atomic E-state index is 12.7. The molecular formula is C21H16Cl3N5O3. The molecule has 0 unspecified atom stereocenters. The lowest BCUT2D eigenvalue weighted by Crippen LogP contribution is -2.16. The lowest BCUT2D eigenvalue weighted by molar-refractivity contribution is 0.101. The molecule has 1 N–H and O–H groups in total. The monoisotopic (exact) mass is 491 g/mol. The third-order valence-corrected chi connectivity index (χ3v) is 5.50. The van der Waals surface area contributed by atoms with Gasteiger partial charge in [0.2, 0.25) is 5.95 Å². The molecule has 0 atom stereocenters. The van der Waals surface area contributed by atoms with Crippen molar-refractivity contribution in [3.63, 3.8) is 0 Å². The predicted octanol–water partition coefficient (Wildman–Crippen LogP) is 5.41. The molecule has 4 rings (SSSR count). The third kappa shape index (κ3) is 5.04. The number of aryl methyl sites for hydroxylation is 1. The summed E-state index contributed by atoms with van der Waals surface area (Å²) >= 11 is 18.3. The van der Waals surface area contributed by atoms with Crippen molar-refractivity contribution in [2.45, 2.75) is 20.1 Å². The van der Waals surface area contributed by atoms with Crippen molar-refractivity contribution in [3.8, 4) is 5.75 Å². The van der Waals surface area contributed by atoms with Crippen molar-refractivity contribution in [1.82, 2.24) is 19.9 Å². The van der Waals surface area contributed by atoms with Crippen molar-refractivity contribution < 1.29 is 14.1 Å². The van der Waals surface area contributed by atoms with Gasteiger partial charge in [-0.1, -0.05) is 46.0 Å². The number of carbonyl (C=O) groups is 1. The molecule has 0 aliphatic carbocycles. The number of benzene rings is 2. The van der Waals surface area contributed by atoms with Crippen molar-refractivity contribution in [2.24, 2.45) is 0 Å². The summed E-state index contributed by atoms with van der Waals surface area (Å²) in [5.41, 5.74) is 1.30. The second-order valence-corrected chi connectivity index (χ2v) is 7.98. The Labute approximate surface area is 198 Å². The Morgan fingerprint density at radius 2 is 1.81 bits per heavy atom.